The second-order valence-corrected chi connectivity index (χ2v) is 2.97. The molecule has 1 aromatic rings. The number of hydrogen-bond acceptors (Lipinski definition) is 4. The van der Waals surface area contributed by atoms with Gasteiger partial charge in [-0.3, -0.25) is 14.6 Å². The Morgan fingerprint density at radius 1 is 1.25 bits per heavy atom. The lowest BCUT2D eigenvalue weighted by atomic mass is 10.2. The van der Waals surface area contributed by atoms with Crippen LogP contribution < -0.4 is 11.5 Å². The second-order valence-electron chi connectivity index (χ2n) is 2.97. The van der Waals surface area contributed by atoms with E-state index in [2.05, 4.69) is 4.98 Å². The standard InChI is InChI=1S/C5H10N2O3.C5H5N/c6-3(5(9)10)1-2-4(7)8;1-2-4-6-5-3-1/h3H,1-2,6H2,(H2,7,8)(H,9,10);1-5H. The molecule has 1 aromatic heterocycles. The molecule has 1 rings (SSSR count). The zero-order valence-corrected chi connectivity index (χ0v) is 8.74. The minimum absolute atomic E-state index is 0.0213. The Morgan fingerprint density at radius 2 is 1.81 bits per heavy atom. The number of carbonyl (C=O) groups is 2. The van der Waals surface area contributed by atoms with Gasteiger partial charge in [0.05, 0.1) is 0 Å². The van der Waals surface area contributed by atoms with Crippen LogP contribution in [0.25, 0.3) is 0 Å². The second kappa shape index (κ2) is 8.37. The zero-order valence-electron chi connectivity index (χ0n) is 8.74. The van der Waals surface area contributed by atoms with Gasteiger partial charge in [-0.15, -0.1) is 0 Å². The summed E-state index contributed by atoms with van der Waals surface area (Å²) in [5.41, 5.74) is 9.81. The van der Waals surface area contributed by atoms with Crippen molar-refractivity contribution in [1.29, 1.82) is 0 Å². The summed E-state index contributed by atoms with van der Waals surface area (Å²) >= 11 is 0. The van der Waals surface area contributed by atoms with Crippen LogP contribution in [0.4, 0.5) is 0 Å². The monoisotopic (exact) mass is 225 g/mol. The number of nitrogens with two attached hydrogens (primary N) is 2. The maximum atomic E-state index is 10.1. The quantitative estimate of drug-likeness (QED) is 0.652. The molecule has 0 aliphatic carbocycles. The molecule has 6 heteroatoms. The van der Waals surface area contributed by atoms with Gasteiger partial charge in [0.25, 0.3) is 0 Å². The van der Waals surface area contributed by atoms with Gasteiger partial charge >= 0.3 is 5.97 Å². The van der Waals surface area contributed by atoms with E-state index in [-0.39, 0.29) is 12.8 Å². The minimum atomic E-state index is -1.11. The highest BCUT2D eigenvalue weighted by atomic mass is 16.4. The highest BCUT2D eigenvalue weighted by Crippen LogP contribution is 1.92. The molecule has 88 valence electrons. The number of amides is 1. The van der Waals surface area contributed by atoms with E-state index in [0.29, 0.717) is 0 Å². The van der Waals surface area contributed by atoms with Gasteiger partial charge in [0.2, 0.25) is 5.91 Å². The summed E-state index contributed by atoms with van der Waals surface area (Å²) in [7, 11) is 0. The summed E-state index contributed by atoms with van der Waals surface area (Å²) in [5, 5.41) is 8.22. The maximum Gasteiger partial charge on any atom is 0.320 e. The summed E-state index contributed by atoms with van der Waals surface area (Å²) in [6.07, 6.45) is 3.62. The molecule has 1 heterocycles. The molecule has 0 aromatic carbocycles. The van der Waals surface area contributed by atoms with Crippen molar-refractivity contribution >= 4 is 11.9 Å². The molecular weight excluding hydrogens is 210 g/mol. The molecule has 16 heavy (non-hydrogen) atoms. The third kappa shape index (κ3) is 8.64. The van der Waals surface area contributed by atoms with Crippen molar-refractivity contribution in [2.75, 3.05) is 0 Å². The number of carboxylic acids is 1. The lowest BCUT2D eigenvalue weighted by molar-refractivity contribution is -0.138. The fourth-order valence-electron chi connectivity index (χ4n) is 0.734. The summed E-state index contributed by atoms with van der Waals surface area (Å²) in [6.45, 7) is 0. The van der Waals surface area contributed by atoms with Crippen LogP contribution in [-0.2, 0) is 9.59 Å². The van der Waals surface area contributed by atoms with Crippen LogP contribution in [0.15, 0.2) is 30.6 Å². The van der Waals surface area contributed by atoms with Crippen molar-refractivity contribution in [2.45, 2.75) is 18.9 Å². The SMILES string of the molecule is NC(=O)CCC(N)C(=O)O.c1ccncc1. The largest absolute Gasteiger partial charge is 0.480 e. The van der Waals surface area contributed by atoms with Gasteiger partial charge in [-0.2, -0.15) is 0 Å². The lowest BCUT2D eigenvalue weighted by Crippen LogP contribution is -2.31. The Kier molecular flexibility index (Phi) is 7.35. The molecule has 1 amide bonds. The summed E-state index contributed by atoms with van der Waals surface area (Å²) in [6, 6.07) is 4.74. The van der Waals surface area contributed by atoms with E-state index in [1.165, 1.54) is 0 Å². The van der Waals surface area contributed by atoms with Gasteiger partial charge < -0.3 is 16.6 Å². The van der Waals surface area contributed by atoms with Gasteiger partial charge in [-0.25, -0.2) is 0 Å². The van der Waals surface area contributed by atoms with Gasteiger partial charge in [0, 0.05) is 18.8 Å². The van der Waals surface area contributed by atoms with Crippen LogP contribution in [0.1, 0.15) is 12.8 Å². The molecular formula is C10H15N3O3. The maximum absolute atomic E-state index is 10.1. The summed E-state index contributed by atoms with van der Waals surface area (Å²) in [4.78, 5) is 23.9. The Labute approximate surface area is 93.3 Å². The van der Waals surface area contributed by atoms with Gasteiger partial charge in [0.15, 0.2) is 0 Å². The van der Waals surface area contributed by atoms with E-state index in [1.807, 2.05) is 18.2 Å². The number of aliphatic carboxylic acids is 1. The number of pyridine rings is 1. The molecule has 5 N–H and O–H groups in total. The first-order valence-electron chi connectivity index (χ1n) is 4.65. The van der Waals surface area contributed by atoms with Crippen LogP contribution >= 0.6 is 0 Å². The molecule has 0 spiro atoms. The molecule has 1 atom stereocenters. The lowest BCUT2D eigenvalue weighted by Gasteiger charge is -2.01. The van der Waals surface area contributed by atoms with Crippen molar-refractivity contribution in [3.05, 3.63) is 30.6 Å². The smallest absolute Gasteiger partial charge is 0.320 e. The molecule has 0 fully saturated rings. The van der Waals surface area contributed by atoms with Crippen molar-refractivity contribution in [1.82, 2.24) is 4.98 Å². The van der Waals surface area contributed by atoms with E-state index in [4.69, 9.17) is 16.6 Å². The Balaban J connectivity index is 0.000000315. The molecule has 0 bridgehead atoms. The Morgan fingerprint density at radius 3 is 2.06 bits per heavy atom. The predicted molar refractivity (Wildman–Crippen MR) is 58.3 cm³/mol. The number of aromatic nitrogens is 1. The molecule has 0 aliphatic rings. The van der Waals surface area contributed by atoms with Crippen LogP contribution in [-0.4, -0.2) is 28.0 Å². The van der Waals surface area contributed by atoms with E-state index >= 15 is 0 Å². The van der Waals surface area contributed by atoms with Gasteiger partial charge in [0.1, 0.15) is 6.04 Å². The average molecular weight is 225 g/mol. The van der Waals surface area contributed by atoms with Crippen molar-refractivity contribution in [3.8, 4) is 0 Å². The fraction of sp³-hybridized carbons (Fsp3) is 0.300. The molecule has 0 saturated heterocycles. The number of hydrogen-bond donors (Lipinski definition) is 3. The Bertz CT molecular complexity index is 290. The van der Waals surface area contributed by atoms with Crippen molar-refractivity contribution < 1.29 is 14.7 Å². The fourth-order valence-corrected chi connectivity index (χ4v) is 0.734. The van der Waals surface area contributed by atoms with Crippen LogP contribution in [0.2, 0.25) is 0 Å². The first-order valence-corrected chi connectivity index (χ1v) is 4.65. The molecule has 6 nitrogen and oxygen atoms in total. The van der Waals surface area contributed by atoms with E-state index in [1.54, 1.807) is 12.4 Å². The van der Waals surface area contributed by atoms with E-state index in [9.17, 15) is 9.59 Å². The number of carbonyl (C=O) groups excluding carboxylic acids is 1. The van der Waals surface area contributed by atoms with Crippen LogP contribution in [0.5, 0.6) is 0 Å². The first kappa shape index (κ1) is 14.1. The zero-order chi connectivity index (χ0) is 12.4. The molecule has 0 aliphatic heterocycles. The van der Waals surface area contributed by atoms with E-state index < -0.39 is 17.9 Å². The third-order valence-corrected chi connectivity index (χ3v) is 1.59. The van der Waals surface area contributed by atoms with Gasteiger partial charge in [-0.05, 0) is 18.6 Å². The van der Waals surface area contributed by atoms with Gasteiger partial charge in [-0.1, -0.05) is 6.07 Å². The Hall–Kier alpha value is -1.95. The highest BCUT2D eigenvalue weighted by molar-refractivity contribution is 5.76. The molecule has 0 radical (unpaired) electrons. The normalized spacial score (nSPS) is 10.8. The van der Waals surface area contributed by atoms with Crippen molar-refractivity contribution in [3.63, 3.8) is 0 Å². The number of rotatable bonds is 4. The van der Waals surface area contributed by atoms with Crippen molar-refractivity contribution in [2.24, 2.45) is 11.5 Å². The molecule has 1 unspecified atom stereocenters. The molecule has 0 saturated carbocycles. The summed E-state index contributed by atoms with van der Waals surface area (Å²) in [5.74, 6) is -1.64. The first-order chi connectivity index (χ1) is 7.54. The average Bonchev–Trinajstić information content (AvgIpc) is 2.28. The topological polar surface area (TPSA) is 119 Å². The van der Waals surface area contributed by atoms with Crippen LogP contribution in [0, 0.1) is 0 Å². The number of primary amides is 1. The predicted octanol–water partition coefficient (Wildman–Crippen LogP) is -0.255. The number of nitrogens with zero attached hydrogens (tertiary/aromatic N) is 1. The van der Waals surface area contributed by atoms with Crippen LogP contribution in [0.3, 0.4) is 0 Å². The highest BCUT2D eigenvalue weighted by Gasteiger charge is 2.11. The third-order valence-electron chi connectivity index (χ3n) is 1.59. The van der Waals surface area contributed by atoms with E-state index in [0.717, 1.165) is 0 Å². The number of carboxylic acid groups (broad SMARTS) is 1. The summed E-state index contributed by atoms with van der Waals surface area (Å²) < 4.78 is 0. The minimum Gasteiger partial charge on any atom is -0.480 e.